The van der Waals surface area contributed by atoms with Crippen molar-refractivity contribution in [3.05, 3.63) is 45.4 Å². The number of aromatic nitrogens is 1. The lowest BCUT2D eigenvalue weighted by Gasteiger charge is -2.04. The van der Waals surface area contributed by atoms with E-state index in [0.717, 1.165) is 22.0 Å². The smallest absolute Gasteiger partial charge is 0.203 e. The van der Waals surface area contributed by atoms with Crippen molar-refractivity contribution in [1.29, 1.82) is 0 Å². The second kappa shape index (κ2) is 5.78. The fourth-order valence-electron chi connectivity index (χ4n) is 1.53. The van der Waals surface area contributed by atoms with Gasteiger partial charge in [0.2, 0.25) is 6.29 Å². The van der Waals surface area contributed by atoms with Crippen molar-refractivity contribution in [3.8, 4) is 5.75 Å². The first kappa shape index (κ1) is 12.8. The summed E-state index contributed by atoms with van der Waals surface area (Å²) in [7, 11) is 0. The predicted molar refractivity (Wildman–Crippen MR) is 71.8 cm³/mol. The van der Waals surface area contributed by atoms with Gasteiger partial charge in [0.1, 0.15) is 17.4 Å². The van der Waals surface area contributed by atoms with Gasteiger partial charge in [-0.05, 0) is 31.5 Å². The number of nitrogens with zero attached hydrogens (tertiary/aromatic N) is 1. The summed E-state index contributed by atoms with van der Waals surface area (Å²) >= 11 is 1.66. The van der Waals surface area contributed by atoms with Crippen LogP contribution in [-0.4, -0.2) is 11.3 Å². The van der Waals surface area contributed by atoms with E-state index in [1.165, 1.54) is 4.88 Å². The molecule has 18 heavy (non-hydrogen) atoms. The number of hydrogen-bond donors (Lipinski definition) is 0. The van der Waals surface area contributed by atoms with Crippen LogP contribution in [0.3, 0.4) is 0 Å². The zero-order valence-electron chi connectivity index (χ0n) is 10.4. The molecule has 0 amide bonds. The first-order chi connectivity index (χ1) is 8.69. The molecule has 0 saturated heterocycles. The van der Waals surface area contributed by atoms with E-state index in [9.17, 15) is 4.79 Å². The number of benzene rings is 1. The van der Waals surface area contributed by atoms with Crippen LogP contribution in [0.15, 0.2) is 24.3 Å². The number of aryl methyl sites for hydroxylation is 2. The third kappa shape index (κ3) is 3.17. The fourth-order valence-corrected chi connectivity index (χ4v) is 2.38. The zero-order chi connectivity index (χ0) is 13.0. The Morgan fingerprint density at radius 1 is 1.28 bits per heavy atom. The molecule has 0 N–H and O–H groups in total. The Labute approximate surface area is 110 Å². The average molecular weight is 260 g/mol. The molecule has 0 aliphatic carbocycles. The predicted octanol–water partition coefficient (Wildman–Crippen LogP) is 2.99. The lowest BCUT2D eigenvalue weighted by atomic mass is 10.2. The molecule has 93 valence electrons. The van der Waals surface area contributed by atoms with Gasteiger partial charge in [-0.15, -0.1) is 11.3 Å². The van der Waals surface area contributed by atoms with Crippen LogP contribution in [0.2, 0.25) is 0 Å². The Hall–Kier alpha value is -1.68. The minimum atomic E-state index is 0.325. The lowest BCUT2D eigenvalue weighted by Crippen LogP contribution is -1.95. The molecule has 0 unspecified atom stereocenters. The van der Waals surface area contributed by atoms with Crippen LogP contribution in [-0.2, 0) is 17.8 Å². The molecule has 0 fully saturated rings. The van der Waals surface area contributed by atoms with Gasteiger partial charge in [-0.25, -0.2) is 4.98 Å². The van der Waals surface area contributed by atoms with E-state index in [-0.39, 0.29) is 0 Å². The van der Waals surface area contributed by atoms with Crippen molar-refractivity contribution in [2.45, 2.75) is 26.9 Å². The van der Waals surface area contributed by atoms with Crippen LogP contribution < -0.4 is 4.74 Å². The van der Waals surface area contributed by atoms with E-state index in [1.807, 2.05) is 37.5 Å². The maximum Gasteiger partial charge on any atom is 0.203 e. The summed E-state index contributed by atoms with van der Waals surface area (Å²) in [6, 6.07) is 7.47. The molecule has 1 radical (unpaired) electrons. The molecule has 3 nitrogen and oxygen atoms in total. The maximum absolute atomic E-state index is 10.2. The molecule has 2 rings (SSSR count). The van der Waals surface area contributed by atoms with E-state index in [4.69, 9.17) is 4.74 Å². The van der Waals surface area contributed by atoms with Crippen LogP contribution >= 0.6 is 11.3 Å². The Morgan fingerprint density at radius 3 is 2.56 bits per heavy atom. The minimum Gasteiger partial charge on any atom is -0.486 e. The van der Waals surface area contributed by atoms with Crippen LogP contribution in [0, 0.1) is 13.8 Å². The van der Waals surface area contributed by atoms with Gasteiger partial charge < -0.3 is 4.74 Å². The molecule has 0 saturated carbocycles. The minimum absolute atomic E-state index is 0.325. The van der Waals surface area contributed by atoms with E-state index < -0.39 is 0 Å². The summed E-state index contributed by atoms with van der Waals surface area (Å²) in [6.07, 6.45) is 2.20. The molecule has 1 aromatic carbocycles. The molecule has 0 spiro atoms. The normalized spacial score (nSPS) is 10.3. The van der Waals surface area contributed by atoms with Gasteiger partial charge in [-0.3, -0.25) is 4.79 Å². The summed E-state index contributed by atoms with van der Waals surface area (Å²) in [5.41, 5.74) is 2.01. The largest absolute Gasteiger partial charge is 0.486 e. The van der Waals surface area contributed by atoms with Crippen molar-refractivity contribution >= 4 is 17.6 Å². The highest BCUT2D eigenvalue weighted by Gasteiger charge is 2.04. The molecule has 2 aromatic rings. The van der Waals surface area contributed by atoms with Crippen molar-refractivity contribution in [1.82, 2.24) is 4.98 Å². The molecular weight excluding hydrogens is 246 g/mol. The van der Waals surface area contributed by atoms with Crippen molar-refractivity contribution in [3.63, 3.8) is 0 Å². The van der Waals surface area contributed by atoms with Crippen LogP contribution in [0.25, 0.3) is 0 Å². The monoisotopic (exact) mass is 260 g/mol. The second-order valence-electron chi connectivity index (χ2n) is 4.00. The van der Waals surface area contributed by atoms with Gasteiger partial charge in [-0.2, -0.15) is 0 Å². The first-order valence-corrected chi connectivity index (χ1v) is 6.50. The average Bonchev–Trinajstić information content (AvgIpc) is 2.68. The van der Waals surface area contributed by atoms with Gasteiger partial charge in [0.05, 0.1) is 5.69 Å². The standard InChI is InChI=1S/C14H14NO2S/c1-10-11(2)18-14(15-10)9-17-13-5-3-12(4-6-13)7-8-16/h3-6H,7,9H2,1-2H3. The van der Waals surface area contributed by atoms with Crippen LogP contribution in [0.1, 0.15) is 21.1 Å². The third-order valence-corrected chi connectivity index (χ3v) is 3.68. The molecule has 1 heterocycles. The molecule has 0 aliphatic rings. The Kier molecular flexibility index (Phi) is 4.10. The highest BCUT2D eigenvalue weighted by Crippen LogP contribution is 2.19. The number of carbonyl (C=O) groups excluding carboxylic acids is 1. The molecule has 0 aliphatic heterocycles. The molecule has 4 heteroatoms. The van der Waals surface area contributed by atoms with Gasteiger partial charge in [-0.1, -0.05) is 12.1 Å². The van der Waals surface area contributed by atoms with Crippen molar-refractivity contribution < 1.29 is 9.53 Å². The van der Waals surface area contributed by atoms with E-state index in [1.54, 1.807) is 11.3 Å². The van der Waals surface area contributed by atoms with Crippen LogP contribution in [0.5, 0.6) is 5.75 Å². The summed E-state index contributed by atoms with van der Waals surface area (Å²) in [5, 5.41) is 0.982. The molecule has 0 bridgehead atoms. The molecular formula is C14H14NO2S. The van der Waals surface area contributed by atoms with Crippen molar-refractivity contribution in [2.24, 2.45) is 0 Å². The first-order valence-electron chi connectivity index (χ1n) is 5.68. The van der Waals surface area contributed by atoms with Gasteiger partial charge in [0.25, 0.3) is 0 Å². The van der Waals surface area contributed by atoms with Crippen LogP contribution in [0.4, 0.5) is 0 Å². The van der Waals surface area contributed by atoms with E-state index >= 15 is 0 Å². The second-order valence-corrected chi connectivity index (χ2v) is 5.29. The quantitative estimate of drug-likeness (QED) is 0.829. The third-order valence-electron chi connectivity index (χ3n) is 2.63. The SMILES string of the molecule is Cc1nc(COc2ccc(C[C]=O)cc2)sc1C. The Bertz CT molecular complexity index is 512. The summed E-state index contributed by atoms with van der Waals surface area (Å²) in [6.45, 7) is 4.54. The maximum atomic E-state index is 10.2. The highest BCUT2D eigenvalue weighted by atomic mass is 32.1. The van der Waals surface area contributed by atoms with Gasteiger partial charge >= 0.3 is 0 Å². The molecule has 1 aromatic heterocycles. The zero-order valence-corrected chi connectivity index (χ0v) is 11.2. The number of ether oxygens (including phenoxy) is 1. The van der Waals surface area contributed by atoms with E-state index in [0.29, 0.717) is 13.0 Å². The number of rotatable bonds is 5. The fraction of sp³-hybridized carbons (Fsp3) is 0.286. The lowest BCUT2D eigenvalue weighted by molar-refractivity contribution is 0.305. The number of hydrogen-bond acceptors (Lipinski definition) is 4. The summed E-state index contributed by atoms with van der Waals surface area (Å²) in [4.78, 5) is 15.9. The highest BCUT2D eigenvalue weighted by molar-refractivity contribution is 7.11. The summed E-state index contributed by atoms with van der Waals surface area (Å²) < 4.78 is 5.64. The topological polar surface area (TPSA) is 39.2 Å². The Balaban J connectivity index is 1.95. The molecule has 0 atom stereocenters. The Morgan fingerprint density at radius 2 is 2.00 bits per heavy atom. The van der Waals surface area contributed by atoms with Gasteiger partial charge in [0, 0.05) is 11.3 Å². The summed E-state index contributed by atoms with van der Waals surface area (Å²) in [5.74, 6) is 0.787. The van der Waals surface area contributed by atoms with E-state index in [2.05, 4.69) is 11.9 Å². The number of thiazole rings is 1. The van der Waals surface area contributed by atoms with Crippen molar-refractivity contribution in [2.75, 3.05) is 0 Å². The van der Waals surface area contributed by atoms with Gasteiger partial charge in [0.15, 0.2) is 0 Å².